The molecule has 0 radical (unpaired) electrons. The molecule has 8 heteroatoms. The van der Waals surface area contributed by atoms with E-state index in [1.165, 1.54) is 21.0 Å². The minimum absolute atomic E-state index is 0.0515. The van der Waals surface area contributed by atoms with Crippen LogP contribution in [0.2, 0.25) is 0 Å². The number of benzene rings is 1. The summed E-state index contributed by atoms with van der Waals surface area (Å²) >= 11 is 0. The van der Waals surface area contributed by atoms with E-state index in [2.05, 4.69) is 5.32 Å². The number of piperazine rings is 1. The molecule has 1 fully saturated rings. The van der Waals surface area contributed by atoms with Gasteiger partial charge in [0.05, 0.1) is 10.4 Å². The van der Waals surface area contributed by atoms with Crippen molar-refractivity contribution >= 4 is 21.1 Å². The van der Waals surface area contributed by atoms with Crippen LogP contribution in [-0.2, 0) is 10.0 Å². The molecule has 0 saturated carbocycles. The average Bonchev–Trinajstić information content (AvgIpc) is 2.83. The lowest BCUT2D eigenvalue weighted by Crippen LogP contribution is -2.46. The van der Waals surface area contributed by atoms with E-state index in [9.17, 15) is 13.2 Å². The van der Waals surface area contributed by atoms with Gasteiger partial charge in [-0.25, -0.2) is 13.2 Å². The molecule has 0 atom stereocenters. The first-order valence-electron chi connectivity index (χ1n) is 7.27. The van der Waals surface area contributed by atoms with Gasteiger partial charge in [-0.1, -0.05) is 0 Å². The van der Waals surface area contributed by atoms with Gasteiger partial charge in [0.15, 0.2) is 5.58 Å². The number of hydrogen-bond donors (Lipinski definition) is 1. The van der Waals surface area contributed by atoms with Crippen molar-refractivity contribution in [3.05, 3.63) is 28.7 Å². The molecule has 22 heavy (non-hydrogen) atoms. The zero-order valence-electron chi connectivity index (χ0n) is 12.6. The van der Waals surface area contributed by atoms with Gasteiger partial charge in [0.1, 0.15) is 0 Å². The largest absolute Gasteiger partial charge is 0.420 e. The minimum Gasteiger partial charge on any atom is -0.408 e. The zero-order valence-corrected chi connectivity index (χ0v) is 13.4. The molecule has 1 aromatic heterocycles. The van der Waals surface area contributed by atoms with Crippen LogP contribution in [0.4, 0.5) is 0 Å². The highest BCUT2D eigenvalue weighted by molar-refractivity contribution is 7.89. The summed E-state index contributed by atoms with van der Waals surface area (Å²) in [5, 5.41) is 3.12. The van der Waals surface area contributed by atoms with Crippen LogP contribution < -0.4 is 11.1 Å². The van der Waals surface area contributed by atoms with Gasteiger partial charge >= 0.3 is 5.76 Å². The molecule has 0 aliphatic carbocycles. The average molecular weight is 325 g/mol. The Morgan fingerprint density at radius 2 is 1.91 bits per heavy atom. The second kappa shape index (κ2) is 5.53. The van der Waals surface area contributed by atoms with Crippen LogP contribution in [0, 0.1) is 0 Å². The minimum atomic E-state index is -3.56. The van der Waals surface area contributed by atoms with Crippen molar-refractivity contribution in [1.82, 2.24) is 14.2 Å². The number of nitrogens with zero attached hydrogens (tertiary/aromatic N) is 2. The molecule has 2 heterocycles. The molecule has 1 N–H and O–H groups in total. The molecule has 0 amide bonds. The van der Waals surface area contributed by atoms with Gasteiger partial charge in [-0.05, 0) is 26.0 Å². The topological polar surface area (TPSA) is 84.5 Å². The van der Waals surface area contributed by atoms with E-state index in [0.717, 1.165) is 0 Å². The smallest absolute Gasteiger partial charge is 0.408 e. The number of hydrogen-bond acceptors (Lipinski definition) is 5. The van der Waals surface area contributed by atoms with Gasteiger partial charge in [-0.15, -0.1) is 0 Å². The summed E-state index contributed by atoms with van der Waals surface area (Å²) in [4.78, 5) is 12.0. The van der Waals surface area contributed by atoms with Crippen molar-refractivity contribution in [2.24, 2.45) is 0 Å². The van der Waals surface area contributed by atoms with Gasteiger partial charge in [0, 0.05) is 38.3 Å². The summed E-state index contributed by atoms with van der Waals surface area (Å²) in [5.74, 6) is -0.471. The Morgan fingerprint density at radius 3 is 2.55 bits per heavy atom. The molecule has 1 saturated heterocycles. The predicted octanol–water partition coefficient (Wildman–Crippen LogP) is 0.769. The molecular formula is C14H19N3O4S. The van der Waals surface area contributed by atoms with Crippen LogP contribution in [-0.4, -0.2) is 43.5 Å². The van der Waals surface area contributed by atoms with Crippen LogP contribution in [0.5, 0.6) is 0 Å². The third kappa shape index (κ3) is 2.47. The van der Waals surface area contributed by atoms with Crippen molar-refractivity contribution < 1.29 is 12.8 Å². The van der Waals surface area contributed by atoms with E-state index < -0.39 is 15.8 Å². The second-order valence-corrected chi connectivity index (χ2v) is 7.55. The Labute approximate surface area is 128 Å². The second-order valence-electron chi connectivity index (χ2n) is 5.62. The number of aromatic nitrogens is 1. The maximum Gasteiger partial charge on any atom is 0.420 e. The number of nitrogens with one attached hydrogen (secondary N) is 1. The third-order valence-corrected chi connectivity index (χ3v) is 5.71. The van der Waals surface area contributed by atoms with Crippen LogP contribution in [0.15, 0.2) is 32.3 Å². The standard InChI is InChI=1S/C14H19N3O4S/c1-10(2)17-12-4-3-11(9-13(12)21-14(17)18)22(19,20)16-7-5-15-6-8-16/h3-4,9-10,15H,5-8H2,1-2H3. The first kappa shape index (κ1) is 15.3. The van der Waals surface area contributed by atoms with E-state index in [-0.39, 0.29) is 10.9 Å². The fourth-order valence-electron chi connectivity index (χ4n) is 2.70. The summed E-state index contributed by atoms with van der Waals surface area (Å²) < 4.78 is 33.4. The van der Waals surface area contributed by atoms with Gasteiger partial charge in [-0.2, -0.15) is 4.31 Å². The van der Waals surface area contributed by atoms with Gasteiger partial charge in [-0.3, -0.25) is 4.57 Å². The predicted molar refractivity (Wildman–Crippen MR) is 82.5 cm³/mol. The van der Waals surface area contributed by atoms with E-state index in [4.69, 9.17) is 4.42 Å². The third-order valence-electron chi connectivity index (χ3n) is 3.81. The molecule has 120 valence electrons. The SMILES string of the molecule is CC(C)n1c(=O)oc2cc(S(=O)(=O)N3CCNCC3)ccc21. The number of oxazole rings is 1. The van der Waals surface area contributed by atoms with E-state index in [1.54, 1.807) is 6.07 Å². The summed E-state index contributed by atoms with van der Waals surface area (Å²) in [6, 6.07) is 4.56. The Balaban J connectivity index is 2.07. The molecule has 0 bridgehead atoms. The summed E-state index contributed by atoms with van der Waals surface area (Å²) in [7, 11) is -3.56. The van der Waals surface area contributed by atoms with E-state index in [0.29, 0.717) is 37.3 Å². The normalized spacial score (nSPS) is 17.4. The number of rotatable bonds is 3. The van der Waals surface area contributed by atoms with Gasteiger partial charge in [0.2, 0.25) is 10.0 Å². The molecule has 3 rings (SSSR count). The van der Waals surface area contributed by atoms with Crippen LogP contribution in [0.1, 0.15) is 19.9 Å². The Bertz CT molecular complexity index is 845. The molecule has 1 aliphatic rings. The fourth-order valence-corrected chi connectivity index (χ4v) is 4.16. The fraction of sp³-hybridized carbons (Fsp3) is 0.500. The number of fused-ring (bicyclic) bond motifs is 1. The van der Waals surface area contributed by atoms with Crippen LogP contribution >= 0.6 is 0 Å². The highest BCUT2D eigenvalue weighted by Crippen LogP contribution is 2.23. The van der Waals surface area contributed by atoms with E-state index >= 15 is 0 Å². The van der Waals surface area contributed by atoms with Crippen molar-refractivity contribution in [2.75, 3.05) is 26.2 Å². The first-order valence-corrected chi connectivity index (χ1v) is 8.71. The van der Waals surface area contributed by atoms with Gasteiger partial charge < -0.3 is 9.73 Å². The Morgan fingerprint density at radius 1 is 1.23 bits per heavy atom. The zero-order chi connectivity index (χ0) is 15.9. The van der Waals surface area contributed by atoms with Crippen molar-refractivity contribution in [3.8, 4) is 0 Å². The van der Waals surface area contributed by atoms with Crippen LogP contribution in [0.25, 0.3) is 11.1 Å². The van der Waals surface area contributed by atoms with Gasteiger partial charge in [0.25, 0.3) is 0 Å². The Hall–Kier alpha value is -1.64. The molecule has 1 aliphatic heterocycles. The highest BCUT2D eigenvalue weighted by Gasteiger charge is 2.26. The summed E-state index contributed by atoms with van der Waals surface area (Å²) in [5.41, 5.74) is 0.911. The Kier molecular flexibility index (Phi) is 3.84. The lowest BCUT2D eigenvalue weighted by molar-refractivity contribution is 0.360. The summed E-state index contributed by atoms with van der Waals surface area (Å²) in [6.45, 7) is 5.92. The molecular weight excluding hydrogens is 306 g/mol. The van der Waals surface area contributed by atoms with Crippen LogP contribution in [0.3, 0.4) is 0 Å². The monoisotopic (exact) mass is 325 g/mol. The quantitative estimate of drug-likeness (QED) is 0.901. The molecule has 0 unspecified atom stereocenters. The highest BCUT2D eigenvalue weighted by atomic mass is 32.2. The maximum absolute atomic E-state index is 12.6. The lowest BCUT2D eigenvalue weighted by Gasteiger charge is -2.26. The lowest BCUT2D eigenvalue weighted by atomic mass is 10.3. The molecule has 1 aromatic carbocycles. The van der Waals surface area contributed by atoms with Crippen molar-refractivity contribution in [3.63, 3.8) is 0 Å². The summed E-state index contributed by atoms with van der Waals surface area (Å²) in [6.07, 6.45) is 0. The van der Waals surface area contributed by atoms with Crippen molar-refractivity contribution in [2.45, 2.75) is 24.8 Å². The van der Waals surface area contributed by atoms with Crippen molar-refractivity contribution in [1.29, 1.82) is 0 Å². The molecule has 2 aromatic rings. The molecule has 0 spiro atoms. The molecule has 7 nitrogen and oxygen atoms in total. The first-order chi connectivity index (χ1) is 10.4. The van der Waals surface area contributed by atoms with E-state index in [1.807, 2.05) is 13.8 Å². The maximum atomic E-state index is 12.6. The number of sulfonamides is 1.